The molecule has 21 heavy (non-hydrogen) atoms. The van der Waals surface area contributed by atoms with Crippen molar-refractivity contribution in [1.82, 2.24) is 4.90 Å². The van der Waals surface area contributed by atoms with Gasteiger partial charge < -0.3 is 9.64 Å². The Hall–Kier alpha value is -1.63. The van der Waals surface area contributed by atoms with Crippen molar-refractivity contribution in [3.8, 4) is 5.75 Å². The van der Waals surface area contributed by atoms with E-state index in [4.69, 9.17) is 4.74 Å². The van der Waals surface area contributed by atoms with Crippen LogP contribution in [0.1, 0.15) is 23.2 Å². The highest BCUT2D eigenvalue weighted by Crippen LogP contribution is 2.29. The van der Waals surface area contributed by atoms with Gasteiger partial charge in [0.05, 0.1) is 12.0 Å². The van der Waals surface area contributed by atoms with E-state index in [1.54, 1.807) is 11.0 Å². The number of likely N-dealkylation sites (tertiary alicyclic amines) is 1. The standard InChI is InChI=1S/C14H17BrN2O4/c1-21-13-3-2-11(8-12(13)17(19)20)14(18)16-7-5-10(9-16)4-6-15/h2-3,8,10H,4-7,9H2,1H3. The number of nitrogens with zero attached hydrogens (tertiary/aromatic N) is 2. The van der Waals surface area contributed by atoms with Gasteiger partial charge in [-0.25, -0.2) is 0 Å². The Morgan fingerprint density at radius 2 is 2.33 bits per heavy atom. The van der Waals surface area contributed by atoms with Gasteiger partial charge in [-0.1, -0.05) is 15.9 Å². The van der Waals surface area contributed by atoms with Crippen molar-refractivity contribution in [1.29, 1.82) is 0 Å². The maximum atomic E-state index is 12.4. The number of hydrogen-bond acceptors (Lipinski definition) is 4. The van der Waals surface area contributed by atoms with Crippen molar-refractivity contribution in [3.63, 3.8) is 0 Å². The Bertz CT molecular complexity index is 550. The number of ether oxygens (including phenoxy) is 1. The van der Waals surface area contributed by atoms with Gasteiger partial charge in [0.2, 0.25) is 0 Å². The second-order valence-corrected chi connectivity index (χ2v) is 5.82. The van der Waals surface area contributed by atoms with Crippen molar-refractivity contribution in [2.45, 2.75) is 12.8 Å². The van der Waals surface area contributed by atoms with Crippen LogP contribution in [0.15, 0.2) is 18.2 Å². The van der Waals surface area contributed by atoms with Crippen LogP contribution in [0.25, 0.3) is 0 Å². The van der Waals surface area contributed by atoms with Gasteiger partial charge in [-0.05, 0) is 30.9 Å². The maximum absolute atomic E-state index is 12.4. The molecule has 1 saturated heterocycles. The second-order valence-electron chi connectivity index (χ2n) is 5.03. The van der Waals surface area contributed by atoms with Gasteiger partial charge in [-0.3, -0.25) is 14.9 Å². The first kappa shape index (κ1) is 15.8. The van der Waals surface area contributed by atoms with Crippen LogP contribution in [0.3, 0.4) is 0 Å². The summed E-state index contributed by atoms with van der Waals surface area (Å²) in [6.45, 7) is 1.42. The lowest BCUT2D eigenvalue weighted by Gasteiger charge is -2.16. The fourth-order valence-electron chi connectivity index (χ4n) is 2.56. The van der Waals surface area contributed by atoms with Crippen molar-refractivity contribution in [2.24, 2.45) is 5.92 Å². The number of carbonyl (C=O) groups is 1. The minimum Gasteiger partial charge on any atom is -0.490 e. The Morgan fingerprint density at radius 3 is 2.95 bits per heavy atom. The highest BCUT2D eigenvalue weighted by molar-refractivity contribution is 9.09. The van der Waals surface area contributed by atoms with E-state index in [0.717, 1.165) is 18.2 Å². The largest absolute Gasteiger partial charge is 0.490 e. The molecule has 0 aromatic heterocycles. The number of hydrogen-bond donors (Lipinski definition) is 0. The van der Waals surface area contributed by atoms with Gasteiger partial charge in [0.25, 0.3) is 5.91 Å². The smallest absolute Gasteiger partial charge is 0.311 e. The molecule has 0 N–H and O–H groups in total. The predicted octanol–water partition coefficient (Wildman–Crippen LogP) is 2.85. The van der Waals surface area contributed by atoms with Crippen molar-refractivity contribution in [3.05, 3.63) is 33.9 Å². The number of alkyl halides is 1. The number of rotatable bonds is 5. The molecule has 0 radical (unpaired) electrons. The zero-order chi connectivity index (χ0) is 15.4. The molecule has 7 heteroatoms. The molecule has 6 nitrogen and oxygen atoms in total. The van der Waals surface area contributed by atoms with Crippen LogP contribution >= 0.6 is 15.9 Å². The van der Waals surface area contributed by atoms with E-state index in [1.807, 2.05) is 0 Å². The summed E-state index contributed by atoms with van der Waals surface area (Å²) >= 11 is 3.41. The van der Waals surface area contributed by atoms with Crippen LogP contribution in [0.5, 0.6) is 5.75 Å². The monoisotopic (exact) mass is 356 g/mol. The molecule has 1 heterocycles. The number of nitro benzene ring substituents is 1. The van der Waals surface area contributed by atoms with E-state index >= 15 is 0 Å². The summed E-state index contributed by atoms with van der Waals surface area (Å²) in [7, 11) is 1.37. The minimum atomic E-state index is -0.534. The van der Waals surface area contributed by atoms with Gasteiger partial charge in [-0.2, -0.15) is 0 Å². The zero-order valence-electron chi connectivity index (χ0n) is 11.8. The summed E-state index contributed by atoms with van der Waals surface area (Å²) in [4.78, 5) is 24.7. The van der Waals surface area contributed by atoms with Crippen LogP contribution in [0.4, 0.5) is 5.69 Å². The fourth-order valence-corrected chi connectivity index (χ4v) is 3.20. The summed E-state index contributed by atoms with van der Waals surface area (Å²) in [6, 6.07) is 4.34. The van der Waals surface area contributed by atoms with Crippen molar-refractivity contribution < 1.29 is 14.5 Å². The number of benzene rings is 1. The Kier molecular flexibility index (Phi) is 5.17. The summed E-state index contributed by atoms with van der Waals surface area (Å²) < 4.78 is 4.94. The maximum Gasteiger partial charge on any atom is 0.311 e. The van der Waals surface area contributed by atoms with Gasteiger partial charge in [0.15, 0.2) is 5.75 Å². The van der Waals surface area contributed by atoms with Crippen molar-refractivity contribution in [2.75, 3.05) is 25.5 Å². The molecule has 1 aliphatic rings. The predicted molar refractivity (Wildman–Crippen MR) is 82.1 cm³/mol. The average molecular weight is 357 g/mol. The molecular weight excluding hydrogens is 340 g/mol. The molecule has 0 saturated carbocycles. The van der Waals surface area contributed by atoms with E-state index in [1.165, 1.54) is 19.2 Å². The summed E-state index contributed by atoms with van der Waals surface area (Å²) in [6.07, 6.45) is 2.02. The number of nitro groups is 1. The van der Waals surface area contributed by atoms with Crippen molar-refractivity contribution >= 4 is 27.5 Å². The Labute approximate surface area is 131 Å². The van der Waals surface area contributed by atoms with E-state index in [0.29, 0.717) is 24.6 Å². The third-order valence-corrected chi connectivity index (χ3v) is 4.17. The van der Waals surface area contributed by atoms with Gasteiger partial charge >= 0.3 is 5.69 Å². The lowest BCUT2D eigenvalue weighted by atomic mass is 10.1. The minimum absolute atomic E-state index is 0.155. The SMILES string of the molecule is COc1ccc(C(=O)N2CCC(CCBr)C2)cc1[N+](=O)[O-]. The second kappa shape index (κ2) is 6.89. The van der Waals surface area contributed by atoms with Crippen LogP contribution in [-0.4, -0.2) is 41.3 Å². The summed E-state index contributed by atoms with van der Waals surface area (Å²) in [5.41, 5.74) is 0.154. The first-order valence-corrected chi connectivity index (χ1v) is 7.86. The van der Waals surface area contributed by atoms with E-state index in [-0.39, 0.29) is 17.3 Å². The first-order chi connectivity index (χ1) is 10.1. The molecular formula is C14H17BrN2O4. The quantitative estimate of drug-likeness (QED) is 0.462. The van der Waals surface area contributed by atoms with Crippen LogP contribution in [-0.2, 0) is 0 Å². The van der Waals surface area contributed by atoms with Crippen LogP contribution in [0.2, 0.25) is 0 Å². The number of carbonyl (C=O) groups excluding carboxylic acids is 1. The van der Waals surface area contributed by atoms with Crippen LogP contribution in [0, 0.1) is 16.0 Å². The molecule has 1 aromatic rings. The number of methoxy groups -OCH3 is 1. The lowest BCUT2D eigenvalue weighted by molar-refractivity contribution is -0.385. The van der Waals surface area contributed by atoms with Gasteiger partial charge in [0.1, 0.15) is 0 Å². The molecule has 1 aliphatic heterocycles. The molecule has 0 aliphatic carbocycles. The molecule has 1 fully saturated rings. The third-order valence-electron chi connectivity index (χ3n) is 3.71. The molecule has 1 atom stereocenters. The molecule has 2 rings (SSSR count). The highest BCUT2D eigenvalue weighted by atomic mass is 79.9. The van der Waals surface area contributed by atoms with E-state index < -0.39 is 4.92 Å². The average Bonchev–Trinajstić information content (AvgIpc) is 2.94. The fraction of sp³-hybridized carbons (Fsp3) is 0.500. The lowest BCUT2D eigenvalue weighted by Crippen LogP contribution is -2.28. The summed E-state index contributed by atoms with van der Waals surface area (Å²) in [5.74, 6) is 0.509. The molecule has 1 amide bonds. The number of amides is 1. The molecule has 1 aromatic carbocycles. The highest BCUT2D eigenvalue weighted by Gasteiger charge is 2.28. The number of halogens is 1. The molecule has 0 spiro atoms. The molecule has 1 unspecified atom stereocenters. The van der Waals surface area contributed by atoms with E-state index in [2.05, 4.69) is 15.9 Å². The molecule has 114 valence electrons. The third kappa shape index (κ3) is 3.53. The normalized spacial score (nSPS) is 17.8. The Morgan fingerprint density at radius 1 is 1.57 bits per heavy atom. The topological polar surface area (TPSA) is 72.7 Å². The van der Waals surface area contributed by atoms with Gasteiger partial charge in [-0.15, -0.1) is 0 Å². The Balaban J connectivity index is 2.17. The van der Waals surface area contributed by atoms with Crippen LogP contribution < -0.4 is 4.74 Å². The van der Waals surface area contributed by atoms with E-state index in [9.17, 15) is 14.9 Å². The zero-order valence-corrected chi connectivity index (χ0v) is 13.3. The first-order valence-electron chi connectivity index (χ1n) is 6.74. The summed E-state index contributed by atoms with van der Waals surface area (Å²) in [5, 5.41) is 11.9. The van der Waals surface area contributed by atoms with Gasteiger partial charge in [0, 0.05) is 30.0 Å². The molecule has 0 bridgehead atoms.